The van der Waals surface area contributed by atoms with Crippen molar-refractivity contribution in [3.63, 3.8) is 0 Å². The first kappa shape index (κ1) is 68.1. The summed E-state index contributed by atoms with van der Waals surface area (Å²) in [5.74, 6) is -15.7. The van der Waals surface area contributed by atoms with Gasteiger partial charge in [-0.05, 0) is 73.5 Å². The highest BCUT2D eigenvalue weighted by Crippen LogP contribution is 2.15. The molecule has 2 aromatic carbocycles. The molecule has 0 aromatic heterocycles. The third-order valence-electron chi connectivity index (χ3n) is 11.4. The number of phenols is 2. The van der Waals surface area contributed by atoms with Crippen molar-refractivity contribution >= 4 is 77.0 Å². The van der Waals surface area contributed by atoms with E-state index in [-0.39, 0.29) is 43.7 Å². The van der Waals surface area contributed by atoms with Crippen molar-refractivity contribution in [2.45, 2.75) is 127 Å². The maximum atomic E-state index is 13.8. The fraction of sp³-hybridized carbons (Fsp3) is 0.490. The molecule has 2 rings (SSSR count). The van der Waals surface area contributed by atoms with Crippen molar-refractivity contribution in [1.29, 1.82) is 0 Å². The molecule has 79 heavy (non-hydrogen) atoms. The van der Waals surface area contributed by atoms with Crippen molar-refractivity contribution in [2.75, 3.05) is 19.6 Å². The van der Waals surface area contributed by atoms with E-state index in [1.807, 2.05) is 0 Å². The summed E-state index contributed by atoms with van der Waals surface area (Å²) in [6.45, 7) is 2.99. The second-order valence-corrected chi connectivity index (χ2v) is 17.9. The number of carbonyl (C=O) groups excluding carboxylic acids is 9. The summed E-state index contributed by atoms with van der Waals surface area (Å²) in [5.41, 5.74) is 17.3. The molecule has 9 amide bonds. The van der Waals surface area contributed by atoms with Crippen molar-refractivity contribution in [3.8, 4) is 11.5 Å². The van der Waals surface area contributed by atoms with Gasteiger partial charge in [-0.25, -0.2) is 4.79 Å². The van der Waals surface area contributed by atoms with E-state index in [1.54, 1.807) is 13.8 Å². The monoisotopic (exact) mass is 1120 g/mol. The third kappa shape index (κ3) is 27.6. The SMILES string of the molecule is CC(=O)O.CC[C@H](C)[C@H](NC(=O)[C@H](Cc1ccc(O)cc1)NC(=O)[C@H](CCC(=O)O)NC(=O)[C@H](CC(N)=O)NC(=O)CNC(=O)[C@H](CC(=O)O)NC(=O)[C@H](CCCCN)NC(=O)[C@H](Cc1ccc(O)cc1)NC(=O)CN)C(=O)O. The Morgan fingerprint density at radius 3 is 1.38 bits per heavy atom. The molecule has 30 heteroatoms. The molecule has 0 bridgehead atoms. The molecule has 20 N–H and O–H groups in total. The maximum Gasteiger partial charge on any atom is 0.326 e. The predicted octanol–water partition coefficient (Wildman–Crippen LogP) is -4.08. The van der Waals surface area contributed by atoms with Crippen LogP contribution in [0.5, 0.6) is 11.5 Å². The minimum absolute atomic E-state index is 0.0703. The average molecular weight is 1120 g/mol. The van der Waals surface area contributed by atoms with E-state index < -0.39 is 164 Å². The molecule has 2 aromatic rings. The molecule has 0 saturated heterocycles. The van der Waals surface area contributed by atoms with Crippen molar-refractivity contribution in [2.24, 2.45) is 23.1 Å². The smallest absolute Gasteiger partial charge is 0.326 e. The zero-order chi connectivity index (χ0) is 59.9. The molecule has 0 aliphatic rings. The Bertz CT molecular complexity index is 2440. The molecular formula is C49H71N11O19. The number of hydrogen-bond donors (Lipinski definition) is 17. The molecule has 0 unspecified atom stereocenters. The van der Waals surface area contributed by atoms with Crippen LogP contribution in [0.3, 0.4) is 0 Å². The number of nitrogens with two attached hydrogens (primary N) is 3. The number of aliphatic carboxylic acids is 4. The largest absolute Gasteiger partial charge is 0.508 e. The van der Waals surface area contributed by atoms with Gasteiger partial charge in [0, 0.05) is 26.2 Å². The molecule has 0 radical (unpaired) electrons. The minimum atomic E-state index is -1.91. The fourth-order valence-corrected chi connectivity index (χ4v) is 7.06. The zero-order valence-corrected chi connectivity index (χ0v) is 43.7. The van der Waals surface area contributed by atoms with E-state index in [9.17, 15) is 83.1 Å². The third-order valence-corrected chi connectivity index (χ3v) is 11.4. The van der Waals surface area contributed by atoms with Crippen LogP contribution >= 0.6 is 0 Å². The van der Waals surface area contributed by atoms with Gasteiger partial charge in [-0.1, -0.05) is 44.5 Å². The van der Waals surface area contributed by atoms with Gasteiger partial charge in [0.1, 0.15) is 53.8 Å². The molecule has 8 atom stereocenters. The number of carboxylic acid groups (broad SMARTS) is 4. The van der Waals surface area contributed by atoms with E-state index in [1.165, 1.54) is 48.5 Å². The van der Waals surface area contributed by atoms with Gasteiger partial charge in [0.05, 0.1) is 25.9 Å². The van der Waals surface area contributed by atoms with Gasteiger partial charge in [-0.15, -0.1) is 0 Å². The highest BCUT2D eigenvalue weighted by Gasteiger charge is 2.35. The number of phenolic OH excluding ortho intramolecular Hbond substituents is 2. The molecule has 0 fully saturated rings. The van der Waals surface area contributed by atoms with Crippen LogP contribution in [-0.2, 0) is 75.2 Å². The van der Waals surface area contributed by atoms with Crippen LogP contribution in [0.15, 0.2) is 48.5 Å². The normalized spacial score (nSPS) is 13.6. The number of primary amides is 1. The first-order valence-corrected chi connectivity index (χ1v) is 24.6. The van der Waals surface area contributed by atoms with Crippen molar-refractivity contribution < 1.29 is 93.0 Å². The average Bonchev–Trinajstić information content (AvgIpc) is 3.37. The Hall–Kier alpha value is -8.93. The molecule has 0 spiro atoms. The van der Waals surface area contributed by atoms with Crippen LogP contribution < -0.4 is 59.7 Å². The topological polar surface area (TPSA) is 518 Å². The van der Waals surface area contributed by atoms with Gasteiger partial charge >= 0.3 is 17.9 Å². The Balaban J connectivity index is 0.00000752. The van der Waals surface area contributed by atoms with Gasteiger partial charge in [0.25, 0.3) is 5.97 Å². The highest BCUT2D eigenvalue weighted by molar-refractivity contribution is 5.99. The fourth-order valence-electron chi connectivity index (χ4n) is 7.06. The number of rotatable bonds is 34. The summed E-state index contributed by atoms with van der Waals surface area (Å²) >= 11 is 0. The number of benzene rings is 2. The van der Waals surface area contributed by atoms with Gasteiger partial charge < -0.3 is 90.4 Å². The van der Waals surface area contributed by atoms with Gasteiger partial charge in [0.2, 0.25) is 53.2 Å². The number of carbonyl (C=O) groups is 13. The number of aromatic hydroxyl groups is 2. The van der Waals surface area contributed by atoms with Crippen LogP contribution in [0.4, 0.5) is 0 Å². The summed E-state index contributed by atoms with van der Waals surface area (Å²) in [6.07, 6.45) is -2.90. The van der Waals surface area contributed by atoms with Crippen LogP contribution in [-0.4, -0.2) is 170 Å². The van der Waals surface area contributed by atoms with Gasteiger partial charge in [0.15, 0.2) is 0 Å². The van der Waals surface area contributed by atoms with Crippen LogP contribution in [0.25, 0.3) is 0 Å². The molecule has 30 nitrogen and oxygen atoms in total. The second kappa shape index (κ2) is 35.4. The summed E-state index contributed by atoms with van der Waals surface area (Å²) in [4.78, 5) is 164. The quantitative estimate of drug-likeness (QED) is 0.0296. The Morgan fingerprint density at radius 1 is 0.519 bits per heavy atom. The van der Waals surface area contributed by atoms with Crippen molar-refractivity contribution in [3.05, 3.63) is 59.7 Å². The van der Waals surface area contributed by atoms with Gasteiger partial charge in [-0.3, -0.25) is 57.5 Å². The molecule has 0 saturated carbocycles. The second-order valence-electron chi connectivity index (χ2n) is 17.9. The molecule has 0 heterocycles. The lowest BCUT2D eigenvalue weighted by molar-refractivity contribution is -0.144. The van der Waals surface area contributed by atoms with Crippen molar-refractivity contribution in [1.82, 2.24) is 42.5 Å². The summed E-state index contributed by atoms with van der Waals surface area (Å²) < 4.78 is 0. The number of nitrogens with one attached hydrogen (secondary N) is 8. The number of carboxylic acids is 4. The standard InChI is InChI=1S/C47H67N11O17.C2H4O2/c1-3-24(2)40(47(74)75)58-46(73)32(19-26-9-13-28(60)14-10-26)56-43(70)30(15-16-38(64)65)55-45(72)33(20-35(50)61)53-37(63)23-51-41(68)34(21-39(66)67)57-42(69)29(6-4-5-17-48)54-44(71)31(52-36(62)22-49)18-25-7-11-27(59)12-8-25;1-2(3)4/h7-14,24,29-34,40,59-60H,3-6,15-23,48-49H2,1-2H3,(H2,50,61)(H,51,68)(H,52,62)(H,53,63)(H,54,71)(H,55,72)(H,56,70)(H,57,69)(H,58,73)(H,64,65)(H,66,67)(H,74,75);1H3,(H,3,4)/t24-,29-,30-,31-,32-,33-,34-,40-;/m0./s1. The molecule has 0 aliphatic carbocycles. The van der Waals surface area contributed by atoms with E-state index in [0.29, 0.717) is 24.0 Å². The lowest BCUT2D eigenvalue weighted by Crippen LogP contribution is -2.59. The molecular weight excluding hydrogens is 1050 g/mol. The first-order valence-electron chi connectivity index (χ1n) is 24.6. The first-order chi connectivity index (χ1) is 37.1. The lowest BCUT2D eigenvalue weighted by Gasteiger charge is -2.27. The minimum Gasteiger partial charge on any atom is -0.508 e. The highest BCUT2D eigenvalue weighted by atomic mass is 16.4. The van der Waals surface area contributed by atoms with Crippen LogP contribution in [0.1, 0.15) is 83.3 Å². The van der Waals surface area contributed by atoms with Crippen LogP contribution in [0.2, 0.25) is 0 Å². The zero-order valence-electron chi connectivity index (χ0n) is 43.7. The summed E-state index contributed by atoms with van der Waals surface area (Å²) in [6, 6.07) is -0.245. The maximum absolute atomic E-state index is 13.8. The van der Waals surface area contributed by atoms with Crippen LogP contribution in [0, 0.1) is 5.92 Å². The number of unbranched alkanes of at least 4 members (excludes halogenated alkanes) is 1. The molecule has 0 aliphatic heterocycles. The predicted molar refractivity (Wildman–Crippen MR) is 275 cm³/mol. The summed E-state index contributed by atoms with van der Waals surface area (Å²) in [7, 11) is 0. The van der Waals surface area contributed by atoms with Gasteiger partial charge in [-0.2, -0.15) is 0 Å². The number of hydrogen-bond acceptors (Lipinski definition) is 17. The van der Waals surface area contributed by atoms with E-state index in [0.717, 1.165) is 6.92 Å². The summed E-state index contributed by atoms with van der Waals surface area (Å²) in [5, 5.41) is 74.1. The van der Waals surface area contributed by atoms with E-state index in [2.05, 4.69) is 42.5 Å². The Morgan fingerprint density at radius 2 is 0.937 bits per heavy atom. The van der Waals surface area contributed by atoms with E-state index >= 15 is 0 Å². The number of amides is 9. The molecule has 436 valence electrons. The van der Waals surface area contributed by atoms with E-state index in [4.69, 9.17) is 27.1 Å². The Kier molecular flexibility index (Phi) is 30.5. The lowest BCUT2D eigenvalue weighted by atomic mass is 9.98. The Labute approximate surface area is 452 Å².